The van der Waals surface area contributed by atoms with Crippen molar-refractivity contribution in [3.63, 3.8) is 0 Å². The molecule has 0 saturated carbocycles. The average Bonchev–Trinajstić information content (AvgIpc) is 3.34. The van der Waals surface area contributed by atoms with Crippen LogP contribution in [-0.2, 0) is 29.2 Å². The number of amides is 1. The van der Waals surface area contributed by atoms with E-state index in [1.54, 1.807) is 36.4 Å². The van der Waals surface area contributed by atoms with Crippen LogP contribution >= 0.6 is 46.4 Å². The fourth-order valence-corrected chi connectivity index (χ4v) is 4.88. The van der Waals surface area contributed by atoms with Crippen LogP contribution < -0.4 is 22.3 Å². The van der Waals surface area contributed by atoms with Gasteiger partial charge in [-0.15, -0.1) is 0 Å². The Bertz CT molecular complexity index is 1500. The zero-order valence-corrected chi connectivity index (χ0v) is 24.6. The van der Waals surface area contributed by atoms with E-state index in [0.29, 0.717) is 33.2 Å². The topological polar surface area (TPSA) is 90.3 Å². The summed E-state index contributed by atoms with van der Waals surface area (Å²) in [5.41, 5.74) is 1.55. The third kappa shape index (κ3) is 8.57. The van der Waals surface area contributed by atoms with Crippen molar-refractivity contribution in [2.24, 2.45) is 0 Å². The Morgan fingerprint density at radius 2 is 1.73 bits per heavy atom. The highest BCUT2D eigenvalue weighted by molar-refractivity contribution is 6.35. The van der Waals surface area contributed by atoms with Crippen molar-refractivity contribution in [3.8, 4) is 0 Å². The lowest BCUT2D eigenvalue weighted by atomic mass is 10.1. The van der Waals surface area contributed by atoms with Gasteiger partial charge in [0.05, 0.1) is 24.5 Å². The van der Waals surface area contributed by atoms with E-state index in [4.69, 9.17) is 51.1 Å². The van der Waals surface area contributed by atoms with E-state index in [2.05, 4.69) is 5.32 Å². The maximum absolute atomic E-state index is 12.4. The number of nitrogens with one attached hydrogen (secondary N) is 1. The quantitative estimate of drug-likeness (QED) is 0.150. The maximum atomic E-state index is 12.4. The number of anilines is 1. The summed E-state index contributed by atoms with van der Waals surface area (Å²) in [5.74, 6) is -0.335. The van der Waals surface area contributed by atoms with Gasteiger partial charge in [0.2, 0.25) is 12.2 Å². The predicted octanol–water partition coefficient (Wildman–Crippen LogP) is 4.29. The van der Waals surface area contributed by atoms with Gasteiger partial charge in [0.1, 0.15) is 30.7 Å². The van der Waals surface area contributed by atoms with Crippen LogP contribution in [0.5, 0.6) is 0 Å². The van der Waals surface area contributed by atoms with Gasteiger partial charge in [-0.05, 0) is 35.9 Å². The highest BCUT2D eigenvalue weighted by Crippen LogP contribution is 2.31. The number of hydrogen-bond acceptors (Lipinski definition) is 4. The van der Waals surface area contributed by atoms with E-state index in [0.717, 1.165) is 11.1 Å². The molecule has 0 bridgehead atoms. The maximum Gasteiger partial charge on any atom is 0.292 e. The lowest BCUT2D eigenvalue weighted by Crippen LogP contribution is -3.00. The molecule has 1 heterocycles. The molecule has 210 valence electrons. The lowest BCUT2D eigenvalue weighted by molar-refractivity contribution is -0.704. The van der Waals surface area contributed by atoms with Crippen LogP contribution in [0.25, 0.3) is 0 Å². The minimum atomic E-state index is -0.531. The zero-order chi connectivity index (χ0) is 27.9. The number of benzene rings is 3. The molecule has 0 fully saturated rings. The molecule has 0 aliphatic rings. The standard InChI is InChI=1S/C27H22Cl4N4O4.ClH/c28-19-6-5-18(22(30)13-19)16-39-26(21-8-7-20(29)14-23(21)31)15-34-12-11-33(17-34)10-9-27(36)32-24-3-1-2-4-25(24)35(37)38;/h1-8,11-14,17,26H,9-10,15-16H2;1H. The van der Waals surface area contributed by atoms with Crippen LogP contribution in [0.4, 0.5) is 11.4 Å². The number of nitrogens with zero attached hydrogens (tertiary/aromatic N) is 3. The molecule has 1 atom stereocenters. The molecule has 1 aromatic heterocycles. The van der Waals surface area contributed by atoms with E-state index in [1.165, 1.54) is 12.1 Å². The first kappa shape index (κ1) is 31.7. The van der Waals surface area contributed by atoms with Crippen LogP contribution in [0, 0.1) is 10.1 Å². The lowest BCUT2D eigenvalue weighted by Gasteiger charge is -2.19. The highest BCUT2D eigenvalue weighted by Gasteiger charge is 2.21. The van der Waals surface area contributed by atoms with Crippen molar-refractivity contribution in [2.45, 2.75) is 32.2 Å². The molecular formula is C27H23Cl5N4O4. The third-order valence-corrected chi connectivity index (χ3v) is 7.01. The van der Waals surface area contributed by atoms with Crippen LogP contribution in [-0.4, -0.2) is 15.4 Å². The molecule has 4 aromatic rings. The zero-order valence-electron chi connectivity index (χ0n) is 20.8. The Hall–Kier alpha value is -2.85. The molecule has 8 nitrogen and oxygen atoms in total. The minimum Gasteiger partial charge on any atom is -1.00 e. The van der Waals surface area contributed by atoms with Crippen LogP contribution in [0.3, 0.4) is 0 Å². The van der Waals surface area contributed by atoms with Crippen molar-refractivity contribution in [3.05, 3.63) is 121 Å². The molecule has 0 saturated heterocycles. The number of nitro benzene ring substituents is 1. The molecule has 3 aromatic carbocycles. The molecule has 0 aliphatic heterocycles. The first-order chi connectivity index (χ1) is 18.7. The number of para-hydroxylation sites is 2. The largest absolute Gasteiger partial charge is 1.00 e. The Kier molecular flexibility index (Phi) is 11.6. The highest BCUT2D eigenvalue weighted by atomic mass is 35.5. The molecule has 0 radical (unpaired) electrons. The molecule has 4 rings (SSSR count). The number of halogens is 5. The van der Waals surface area contributed by atoms with Gasteiger partial charge in [0.15, 0.2) is 0 Å². The number of imidazole rings is 1. The summed E-state index contributed by atoms with van der Waals surface area (Å²) in [5, 5.41) is 15.8. The second kappa shape index (κ2) is 14.7. The Morgan fingerprint density at radius 3 is 2.42 bits per heavy atom. The number of hydrogen-bond donors (Lipinski definition) is 1. The van der Waals surface area contributed by atoms with Gasteiger partial charge in [0, 0.05) is 31.7 Å². The van der Waals surface area contributed by atoms with Crippen molar-refractivity contribution < 1.29 is 31.4 Å². The van der Waals surface area contributed by atoms with Crippen LogP contribution in [0.2, 0.25) is 20.1 Å². The number of carbonyl (C=O) groups excluding carboxylic acids is 1. The van der Waals surface area contributed by atoms with Crippen molar-refractivity contribution in [1.82, 2.24) is 4.57 Å². The van der Waals surface area contributed by atoms with Gasteiger partial charge in [-0.2, -0.15) is 0 Å². The van der Waals surface area contributed by atoms with Gasteiger partial charge in [0.25, 0.3) is 5.69 Å². The van der Waals surface area contributed by atoms with Gasteiger partial charge in [-0.3, -0.25) is 14.9 Å². The molecule has 1 amide bonds. The molecule has 1 unspecified atom stereocenters. The van der Waals surface area contributed by atoms with E-state index in [-0.39, 0.29) is 42.7 Å². The summed E-state index contributed by atoms with van der Waals surface area (Å²) in [6.45, 7) is 1.02. The number of rotatable bonds is 11. The summed E-state index contributed by atoms with van der Waals surface area (Å²) >= 11 is 24.9. The number of carbonyl (C=O) groups is 1. The molecule has 0 aliphatic carbocycles. The Balaban J connectivity index is 0.00000441. The van der Waals surface area contributed by atoms with Gasteiger partial charge < -0.3 is 22.5 Å². The van der Waals surface area contributed by atoms with Gasteiger partial charge in [-0.25, -0.2) is 9.13 Å². The molecule has 40 heavy (non-hydrogen) atoms. The Labute approximate surface area is 256 Å². The predicted molar refractivity (Wildman–Crippen MR) is 151 cm³/mol. The normalized spacial score (nSPS) is 11.5. The summed E-state index contributed by atoms with van der Waals surface area (Å²) in [7, 11) is 0. The number of ether oxygens (including phenoxy) is 1. The summed E-state index contributed by atoms with van der Waals surface area (Å²) < 4.78 is 10.0. The third-order valence-electron chi connectivity index (χ3n) is 5.86. The van der Waals surface area contributed by atoms with Crippen molar-refractivity contribution >= 4 is 63.7 Å². The second-order valence-electron chi connectivity index (χ2n) is 8.62. The smallest absolute Gasteiger partial charge is 0.292 e. The van der Waals surface area contributed by atoms with Gasteiger partial charge in [-0.1, -0.05) is 70.7 Å². The summed E-state index contributed by atoms with van der Waals surface area (Å²) in [6.07, 6.45) is 5.21. The second-order valence-corrected chi connectivity index (χ2v) is 10.3. The fourth-order valence-electron chi connectivity index (χ4n) is 3.88. The Morgan fingerprint density at radius 1 is 1.02 bits per heavy atom. The average molecular weight is 645 g/mol. The minimum absolute atomic E-state index is 0. The van der Waals surface area contributed by atoms with Crippen LogP contribution in [0.15, 0.2) is 79.4 Å². The van der Waals surface area contributed by atoms with Crippen molar-refractivity contribution in [2.75, 3.05) is 5.32 Å². The van der Waals surface area contributed by atoms with Gasteiger partial charge >= 0.3 is 0 Å². The van der Waals surface area contributed by atoms with E-state index in [1.807, 2.05) is 40.0 Å². The van der Waals surface area contributed by atoms with E-state index in [9.17, 15) is 14.9 Å². The molecule has 0 spiro atoms. The monoisotopic (exact) mass is 642 g/mol. The molecular weight excluding hydrogens is 622 g/mol. The summed E-state index contributed by atoms with van der Waals surface area (Å²) in [6, 6.07) is 16.5. The number of aryl methyl sites for hydroxylation is 1. The number of aromatic nitrogens is 2. The van der Waals surface area contributed by atoms with Crippen LogP contribution in [0.1, 0.15) is 23.7 Å². The van der Waals surface area contributed by atoms with E-state index < -0.39 is 11.0 Å². The summed E-state index contributed by atoms with van der Waals surface area (Å²) in [4.78, 5) is 23.1. The SMILES string of the molecule is O=C(CCn1cc[n+](CC(OCc2ccc(Cl)cc2Cl)c2ccc(Cl)cc2Cl)c1)Nc1ccccc1[N+](=O)[O-].[Cl-]. The van der Waals surface area contributed by atoms with E-state index >= 15 is 0 Å². The fraction of sp³-hybridized carbons (Fsp3) is 0.185. The van der Waals surface area contributed by atoms with Crippen molar-refractivity contribution in [1.29, 1.82) is 0 Å². The molecule has 1 N–H and O–H groups in total. The first-order valence-corrected chi connectivity index (χ1v) is 13.3. The number of nitro groups is 1. The molecule has 13 heteroatoms. The first-order valence-electron chi connectivity index (χ1n) is 11.8.